The van der Waals surface area contributed by atoms with Gasteiger partial charge in [0.05, 0.1) is 4.92 Å². The molecule has 0 atom stereocenters. The number of carbonyl (C=O) groups is 2. The van der Waals surface area contributed by atoms with Crippen LogP contribution in [0, 0.1) is 23.0 Å². The van der Waals surface area contributed by atoms with Crippen LogP contribution in [0.4, 0.5) is 11.4 Å². The predicted molar refractivity (Wildman–Crippen MR) is 119 cm³/mol. The molecule has 1 aliphatic rings. The minimum Gasteiger partial charge on any atom is -0.348 e. The first-order valence-corrected chi connectivity index (χ1v) is 10.5. The van der Waals surface area contributed by atoms with Gasteiger partial charge < -0.3 is 15.5 Å². The molecule has 0 radical (unpaired) electrons. The van der Waals surface area contributed by atoms with Crippen LogP contribution in [-0.4, -0.2) is 47.8 Å². The highest BCUT2D eigenvalue weighted by molar-refractivity contribution is 6.39. The Morgan fingerprint density at radius 2 is 1.81 bits per heavy atom. The highest BCUT2D eigenvalue weighted by atomic mass is 16.6. The number of hydrogen-bond acceptors (Lipinski definition) is 5. The Balaban J connectivity index is 1.38. The zero-order chi connectivity index (χ0) is 22.2. The Morgan fingerprint density at radius 3 is 2.45 bits per heavy atom. The molecule has 0 bridgehead atoms. The maximum Gasteiger partial charge on any atom is 0.313 e. The number of rotatable bonds is 7. The number of nitrogens with zero attached hydrogens (tertiary/aromatic N) is 2. The van der Waals surface area contributed by atoms with Crippen molar-refractivity contribution in [2.75, 3.05) is 31.5 Å². The van der Waals surface area contributed by atoms with E-state index in [0.29, 0.717) is 23.7 Å². The number of nitro benzene ring substituents is 1. The summed E-state index contributed by atoms with van der Waals surface area (Å²) in [6.45, 7) is 5.12. The van der Waals surface area contributed by atoms with Crippen LogP contribution in [0.3, 0.4) is 0 Å². The largest absolute Gasteiger partial charge is 0.348 e. The Kier molecular flexibility index (Phi) is 7.72. The summed E-state index contributed by atoms with van der Waals surface area (Å²) in [6, 6.07) is 14.5. The first-order chi connectivity index (χ1) is 14.9. The van der Waals surface area contributed by atoms with E-state index in [1.165, 1.54) is 23.8 Å². The topological polar surface area (TPSA) is 105 Å². The predicted octanol–water partition coefficient (Wildman–Crippen LogP) is 2.91. The van der Waals surface area contributed by atoms with E-state index < -0.39 is 16.7 Å². The molecule has 1 fully saturated rings. The van der Waals surface area contributed by atoms with Gasteiger partial charge in [-0.1, -0.05) is 30.3 Å². The molecule has 1 saturated heterocycles. The van der Waals surface area contributed by atoms with Gasteiger partial charge in [-0.25, -0.2) is 0 Å². The third-order valence-corrected chi connectivity index (χ3v) is 5.69. The van der Waals surface area contributed by atoms with Crippen molar-refractivity contribution in [2.24, 2.45) is 5.92 Å². The van der Waals surface area contributed by atoms with Crippen molar-refractivity contribution in [3.8, 4) is 0 Å². The summed E-state index contributed by atoms with van der Waals surface area (Å²) < 4.78 is 0. The van der Waals surface area contributed by atoms with Gasteiger partial charge in [0, 0.05) is 30.9 Å². The van der Waals surface area contributed by atoms with Gasteiger partial charge in [0.1, 0.15) is 0 Å². The van der Waals surface area contributed by atoms with E-state index >= 15 is 0 Å². The molecule has 164 valence electrons. The van der Waals surface area contributed by atoms with Gasteiger partial charge in [0.25, 0.3) is 5.69 Å². The van der Waals surface area contributed by atoms with Crippen molar-refractivity contribution < 1.29 is 14.5 Å². The van der Waals surface area contributed by atoms with Crippen LogP contribution < -0.4 is 10.6 Å². The van der Waals surface area contributed by atoms with E-state index in [1.807, 2.05) is 6.07 Å². The average molecular weight is 425 g/mol. The number of nitrogens with one attached hydrogen (secondary N) is 2. The zero-order valence-electron chi connectivity index (χ0n) is 17.7. The maximum absolute atomic E-state index is 12.2. The molecule has 0 aromatic heterocycles. The van der Waals surface area contributed by atoms with Gasteiger partial charge in [-0.05, 0) is 62.4 Å². The monoisotopic (exact) mass is 424 g/mol. The number of carbonyl (C=O) groups excluding carboxylic acids is 2. The quantitative estimate of drug-likeness (QED) is 0.404. The molecule has 2 N–H and O–H groups in total. The van der Waals surface area contributed by atoms with Crippen molar-refractivity contribution in [2.45, 2.75) is 26.2 Å². The molecule has 8 heteroatoms. The van der Waals surface area contributed by atoms with Gasteiger partial charge in [0.15, 0.2) is 0 Å². The lowest BCUT2D eigenvalue weighted by atomic mass is 9.96. The lowest BCUT2D eigenvalue weighted by molar-refractivity contribution is -0.384. The number of likely N-dealkylation sites (tertiary alicyclic amines) is 1. The first kappa shape index (κ1) is 22.4. The number of anilines is 1. The van der Waals surface area contributed by atoms with Gasteiger partial charge in [-0.15, -0.1) is 0 Å². The fourth-order valence-corrected chi connectivity index (χ4v) is 3.74. The Labute approximate surface area is 181 Å². The number of piperidine rings is 1. The van der Waals surface area contributed by atoms with Crippen LogP contribution >= 0.6 is 0 Å². The van der Waals surface area contributed by atoms with E-state index in [1.54, 1.807) is 6.92 Å². The number of benzene rings is 2. The first-order valence-electron chi connectivity index (χ1n) is 10.5. The summed E-state index contributed by atoms with van der Waals surface area (Å²) in [7, 11) is 0. The molecule has 0 spiro atoms. The second kappa shape index (κ2) is 10.7. The van der Waals surface area contributed by atoms with E-state index in [2.05, 4.69) is 39.8 Å². The van der Waals surface area contributed by atoms with Gasteiger partial charge in [0.2, 0.25) is 0 Å². The van der Waals surface area contributed by atoms with Gasteiger partial charge in [-0.2, -0.15) is 0 Å². The summed E-state index contributed by atoms with van der Waals surface area (Å²) in [4.78, 5) is 37.1. The van der Waals surface area contributed by atoms with Crippen molar-refractivity contribution in [3.63, 3.8) is 0 Å². The minimum atomic E-state index is -0.766. The maximum atomic E-state index is 12.2. The van der Waals surface area contributed by atoms with Crippen LogP contribution in [-0.2, 0) is 16.0 Å². The van der Waals surface area contributed by atoms with Crippen LogP contribution in [0.15, 0.2) is 48.5 Å². The van der Waals surface area contributed by atoms with E-state index in [4.69, 9.17) is 0 Å². The Morgan fingerprint density at radius 1 is 1.10 bits per heavy atom. The molecular weight excluding hydrogens is 396 g/mol. The van der Waals surface area contributed by atoms with Crippen molar-refractivity contribution >= 4 is 23.2 Å². The number of non-ortho nitro benzene ring substituents is 1. The van der Waals surface area contributed by atoms with E-state index in [9.17, 15) is 19.7 Å². The lowest BCUT2D eigenvalue weighted by Crippen LogP contribution is -2.42. The fourth-order valence-electron chi connectivity index (χ4n) is 3.74. The third kappa shape index (κ3) is 6.62. The SMILES string of the molecule is Cc1cc([N+](=O)[O-])ccc1NC(=O)C(=O)NCC1CCN(CCc2ccccc2)CC1. The normalized spacial score (nSPS) is 14.7. The third-order valence-electron chi connectivity index (χ3n) is 5.69. The van der Waals surface area contributed by atoms with Crippen LogP contribution in [0.1, 0.15) is 24.0 Å². The van der Waals surface area contributed by atoms with Crippen LogP contribution in [0.5, 0.6) is 0 Å². The van der Waals surface area contributed by atoms with Crippen LogP contribution in [0.2, 0.25) is 0 Å². The Hall–Kier alpha value is -3.26. The highest BCUT2D eigenvalue weighted by Crippen LogP contribution is 2.21. The molecule has 2 amide bonds. The molecule has 0 aliphatic carbocycles. The summed E-state index contributed by atoms with van der Waals surface area (Å²) in [5.74, 6) is -1.10. The molecule has 0 saturated carbocycles. The molecule has 1 heterocycles. The number of amides is 2. The molecular formula is C23H28N4O4. The summed E-state index contributed by atoms with van der Waals surface area (Å²) in [5, 5.41) is 16.0. The fraction of sp³-hybridized carbons (Fsp3) is 0.391. The minimum absolute atomic E-state index is 0.0601. The smallest absolute Gasteiger partial charge is 0.313 e. The molecule has 1 aliphatic heterocycles. The van der Waals surface area contributed by atoms with Gasteiger partial charge >= 0.3 is 11.8 Å². The van der Waals surface area contributed by atoms with E-state index in [0.717, 1.165) is 38.9 Å². The standard InChI is InChI=1S/C23H28N4O4/c1-17-15-20(27(30)31)7-8-21(17)25-23(29)22(28)24-16-19-10-13-26(14-11-19)12-9-18-5-3-2-4-6-18/h2-8,15,19H,9-14,16H2,1H3,(H,24,28)(H,25,29). The zero-order valence-corrected chi connectivity index (χ0v) is 17.7. The molecule has 2 aromatic rings. The van der Waals surface area contributed by atoms with Gasteiger partial charge in [-0.3, -0.25) is 19.7 Å². The molecule has 3 rings (SSSR count). The highest BCUT2D eigenvalue weighted by Gasteiger charge is 2.21. The average Bonchev–Trinajstić information content (AvgIpc) is 2.78. The molecule has 31 heavy (non-hydrogen) atoms. The van der Waals surface area contributed by atoms with E-state index in [-0.39, 0.29) is 5.69 Å². The number of nitro groups is 1. The molecule has 2 aromatic carbocycles. The summed E-state index contributed by atoms with van der Waals surface area (Å²) >= 11 is 0. The molecule has 0 unspecified atom stereocenters. The van der Waals surface area contributed by atoms with Crippen molar-refractivity contribution in [3.05, 3.63) is 69.8 Å². The number of aryl methyl sites for hydroxylation is 1. The lowest BCUT2D eigenvalue weighted by Gasteiger charge is -2.32. The Bertz CT molecular complexity index is 924. The molecule has 8 nitrogen and oxygen atoms in total. The van der Waals surface area contributed by atoms with Crippen molar-refractivity contribution in [1.29, 1.82) is 0 Å². The van der Waals surface area contributed by atoms with Crippen molar-refractivity contribution in [1.82, 2.24) is 10.2 Å². The van der Waals surface area contributed by atoms with Crippen LogP contribution in [0.25, 0.3) is 0 Å². The second-order valence-corrected chi connectivity index (χ2v) is 7.94. The second-order valence-electron chi connectivity index (χ2n) is 7.94. The summed E-state index contributed by atoms with van der Waals surface area (Å²) in [5.41, 5.74) is 2.19. The number of hydrogen-bond donors (Lipinski definition) is 2. The summed E-state index contributed by atoms with van der Waals surface area (Å²) in [6.07, 6.45) is 3.00.